The normalized spacial score (nSPS) is 21.2. The molecule has 0 spiro atoms. The molecule has 0 aromatic rings. The summed E-state index contributed by atoms with van der Waals surface area (Å²) in [6.45, 7) is 17.6. The van der Waals surface area contributed by atoms with Crippen molar-refractivity contribution in [3.8, 4) is 0 Å². The van der Waals surface area contributed by atoms with Gasteiger partial charge in [0.25, 0.3) is 0 Å². The summed E-state index contributed by atoms with van der Waals surface area (Å²) >= 11 is 0. The third-order valence-corrected chi connectivity index (χ3v) is 3.89. The van der Waals surface area contributed by atoms with Crippen LogP contribution in [0.2, 0.25) is 0 Å². The third kappa shape index (κ3) is 6.78. The fourth-order valence-corrected chi connectivity index (χ4v) is 3.42. The second-order valence-electron chi connectivity index (χ2n) is 7.10. The predicted molar refractivity (Wildman–Crippen MR) is 97.0 cm³/mol. The van der Waals surface area contributed by atoms with Crippen LogP contribution >= 0.6 is 0 Å². The molecule has 128 valence electrons. The van der Waals surface area contributed by atoms with Gasteiger partial charge in [0.15, 0.2) is 0 Å². The molecule has 1 amide bonds. The average molecular weight is 309 g/mol. The molecule has 1 aliphatic heterocycles. The quantitative estimate of drug-likeness (QED) is 0.606. The summed E-state index contributed by atoms with van der Waals surface area (Å²) in [6.07, 6.45) is 9.16. The molecule has 3 nitrogen and oxygen atoms in total. The topological polar surface area (TPSA) is 32.3 Å². The molecule has 1 aliphatic rings. The maximum Gasteiger partial charge on any atom is 0.210 e. The maximum atomic E-state index is 11.5. The molecule has 1 heterocycles. The molecule has 1 saturated heterocycles. The molecule has 22 heavy (non-hydrogen) atoms. The molecule has 0 aliphatic carbocycles. The number of rotatable bonds is 5. The van der Waals surface area contributed by atoms with Gasteiger partial charge in [0, 0.05) is 23.7 Å². The maximum absolute atomic E-state index is 11.5. The van der Waals surface area contributed by atoms with Crippen LogP contribution in [0.1, 0.15) is 68.2 Å². The van der Waals surface area contributed by atoms with Crippen LogP contribution < -0.4 is 5.32 Å². The van der Waals surface area contributed by atoms with Crippen molar-refractivity contribution in [3.05, 3.63) is 23.8 Å². The highest BCUT2D eigenvalue weighted by Gasteiger charge is 2.39. The second kappa shape index (κ2) is 9.14. The van der Waals surface area contributed by atoms with E-state index < -0.39 is 0 Å². The van der Waals surface area contributed by atoms with Crippen LogP contribution in [0.15, 0.2) is 23.8 Å². The molecule has 1 N–H and O–H groups in total. The first-order valence-electron chi connectivity index (χ1n) is 8.51. The van der Waals surface area contributed by atoms with E-state index in [9.17, 15) is 4.79 Å². The van der Waals surface area contributed by atoms with Crippen molar-refractivity contribution in [2.24, 2.45) is 0 Å². The fourth-order valence-electron chi connectivity index (χ4n) is 3.42. The van der Waals surface area contributed by atoms with Crippen LogP contribution in [0.4, 0.5) is 0 Å². The van der Waals surface area contributed by atoms with E-state index in [4.69, 9.17) is 0 Å². The van der Waals surface area contributed by atoms with Crippen molar-refractivity contribution in [1.29, 1.82) is 0 Å². The Morgan fingerprint density at radius 3 is 2.00 bits per heavy atom. The van der Waals surface area contributed by atoms with Gasteiger partial charge in [-0.05, 0) is 60.0 Å². The number of amides is 1. The number of hydrogen-bond donors (Lipinski definition) is 1. The highest BCUT2D eigenvalue weighted by molar-refractivity contribution is 5.49. The lowest BCUT2D eigenvalue weighted by atomic mass is 9.79. The van der Waals surface area contributed by atoms with Crippen LogP contribution in [0.5, 0.6) is 0 Å². The van der Waals surface area contributed by atoms with E-state index in [1.165, 1.54) is 5.57 Å². The minimum atomic E-state index is 0.0599. The first-order chi connectivity index (χ1) is 10.2. The van der Waals surface area contributed by atoms with Crippen LogP contribution in [-0.4, -0.2) is 35.0 Å². The highest BCUT2D eigenvalue weighted by atomic mass is 16.1. The van der Waals surface area contributed by atoms with E-state index in [2.05, 4.69) is 45.2 Å². The zero-order valence-corrected chi connectivity index (χ0v) is 15.9. The lowest BCUT2D eigenvalue weighted by molar-refractivity contribution is -0.121. The van der Waals surface area contributed by atoms with Gasteiger partial charge in [-0.15, -0.1) is 0 Å². The third-order valence-electron chi connectivity index (χ3n) is 3.89. The summed E-state index contributed by atoms with van der Waals surface area (Å²) in [5.74, 6) is 0. The first-order valence-corrected chi connectivity index (χ1v) is 8.51. The number of nitrogens with one attached hydrogen (secondary N) is 1. The van der Waals surface area contributed by atoms with E-state index in [1.54, 1.807) is 0 Å². The number of hydrogen-bond acceptors (Lipinski definition) is 2. The van der Waals surface area contributed by atoms with Gasteiger partial charge in [0.2, 0.25) is 6.41 Å². The lowest BCUT2D eigenvalue weighted by Gasteiger charge is -2.49. The zero-order valence-electron chi connectivity index (χ0n) is 15.9. The molecule has 0 unspecified atom stereocenters. The van der Waals surface area contributed by atoms with E-state index in [0.29, 0.717) is 12.6 Å². The van der Waals surface area contributed by atoms with Crippen LogP contribution in [-0.2, 0) is 4.79 Å². The summed E-state index contributed by atoms with van der Waals surface area (Å²) in [5, 5.41) is 3.66. The Morgan fingerprint density at radius 2 is 1.64 bits per heavy atom. The Labute approximate surface area is 137 Å². The minimum Gasteiger partial charge on any atom is -0.338 e. The lowest BCUT2D eigenvalue weighted by Crippen LogP contribution is -2.62. The molecule has 0 aromatic heterocycles. The minimum absolute atomic E-state index is 0.0599. The second-order valence-corrected chi connectivity index (χ2v) is 7.10. The van der Waals surface area contributed by atoms with Gasteiger partial charge in [-0.3, -0.25) is 4.79 Å². The van der Waals surface area contributed by atoms with Crippen LogP contribution in [0.25, 0.3) is 0 Å². The van der Waals surface area contributed by atoms with Crippen molar-refractivity contribution < 1.29 is 4.79 Å². The Bertz CT molecular complexity index is 378. The number of nitrogens with zero attached hydrogens (tertiary/aromatic N) is 1. The van der Waals surface area contributed by atoms with Crippen molar-refractivity contribution in [2.75, 3.05) is 6.54 Å². The van der Waals surface area contributed by atoms with Gasteiger partial charge in [0.05, 0.1) is 0 Å². The molecule has 3 heteroatoms. The number of carbonyl (C=O) groups excluding carboxylic acids is 1. The molecule has 1 rings (SSSR count). The van der Waals surface area contributed by atoms with Crippen molar-refractivity contribution in [2.45, 2.75) is 85.4 Å². The molecular formula is C19H36N2O. The molecule has 0 bridgehead atoms. The molecule has 0 aromatic carbocycles. The average Bonchev–Trinajstić information content (AvgIpc) is 2.42. The van der Waals surface area contributed by atoms with Gasteiger partial charge in [0.1, 0.15) is 0 Å². The Morgan fingerprint density at radius 1 is 1.14 bits per heavy atom. The number of allylic oxidation sites excluding steroid dienone is 2. The SMILES string of the molecule is C/C=C\C(=C/C)CN(C=O)C1CC(C)(C)NC(C)(C)C1.CC. The largest absolute Gasteiger partial charge is 0.338 e. The Hall–Kier alpha value is -1.09. The van der Waals surface area contributed by atoms with Crippen molar-refractivity contribution in [3.63, 3.8) is 0 Å². The summed E-state index contributed by atoms with van der Waals surface area (Å²) in [4.78, 5) is 13.5. The summed E-state index contributed by atoms with van der Waals surface area (Å²) < 4.78 is 0. The van der Waals surface area contributed by atoms with Gasteiger partial charge in [-0.2, -0.15) is 0 Å². The molecule has 0 radical (unpaired) electrons. The van der Waals surface area contributed by atoms with E-state index in [1.807, 2.05) is 38.7 Å². The van der Waals surface area contributed by atoms with Crippen LogP contribution in [0.3, 0.4) is 0 Å². The fraction of sp³-hybridized carbons (Fsp3) is 0.737. The van der Waals surface area contributed by atoms with Crippen LogP contribution in [0, 0.1) is 0 Å². The van der Waals surface area contributed by atoms with Gasteiger partial charge in [-0.25, -0.2) is 0 Å². The molecule has 0 atom stereocenters. The van der Waals surface area contributed by atoms with E-state index in [-0.39, 0.29) is 11.1 Å². The Balaban J connectivity index is 0.00000211. The summed E-state index contributed by atoms with van der Waals surface area (Å²) in [5.41, 5.74) is 1.31. The van der Waals surface area contributed by atoms with Gasteiger partial charge >= 0.3 is 0 Å². The van der Waals surface area contributed by atoms with Crippen molar-refractivity contribution in [1.82, 2.24) is 10.2 Å². The highest BCUT2D eigenvalue weighted by Crippen LogP contribution is 2.31. The monoisotopic (exact) mass is 308 g/mol. The standard InChI is InChI=1S/C17H30N2O.C2H6/c1-7-9-14(8-2)12-19(13-20)15-10-16(3,4)18-17(5,6)11-15;1-2/h7-9,13,15,18H,10-12H2,1-6H3;1-2H3/b9-7-,14-8+;. The summed E-state index contributed by atoms with van der Waals surface area (Å²) in [7, 11) is 0. The number of carbonyl (C=O) groups is 1. The number of piperidine rings is 1. The van der Waals surface area contributed by atoms with E-state index >= 15 is 0 Å². The molecular weight excluding hydrogens is 272 g/mol. The van der Waals surface area contributed by atoms with Crippen molar-refractivity contribution >= 4 is 6.41 Å². The molecule has 1 fully saturated rings. The predicted octanol–water partition coefficient (Wildman–Crippen LogP) is 4.30. The zero-order chi connectivity index (χ0) is 17.4. The van der Waals surface area contributed by atoms with Gasteiger partial charge < -0.3 is 10.2 Å². The first kappa shape index (κ1) is 20.9. The smallest absolute Gasteiger partial charge is 0.210 e. The molecule has 0 saturated carbocycles. The van der Waals surface area contributed by atoms with Gasteiger partial charge in [-0.1, -0.05) is 32.1 Å². The van der Waals surface area contributed by atoms with E-state index in [0.717, 1.165) is 19.3 Å². The Kier molecular flexibility index (Phi) is 8.69. The summed E-state index contributed by atoms with van der Waals surface area (Å²) in [6, 6.07) is 0.291.